The highest BCUT2D eigenvalue weighted by atomic mass is 16.6. The summed E-state index contributed by atoms with van der Waals surface area (Å²) in [7, 11) is 1.84. The Balaban J connectivity index is 1.74. The molecular weight excluding hydrogens is 344 g/mol. The molecule has 0 unspecified atom stereocenters. The SMILES string of the molecule is Cc1nn(C)c2nc(C(C)C)cc(C(=O)Nc3ccc4c(c3)OCCO4)c12. The molecule has 1 aromatic carbocycles. The summed E-state index contributed by atoms with van der Waals surface area (Å²) in [6.07, 6.45) is 0. The molecule has 1 N–H and O–H groups in total. The molecular formula is C20H22N4O3. The minimum absolute atomic E-state index is 0.197. The highest BCUT2D eigenvalue weighted by molar-refractivity contribution is 6.12. The molecule has 3 aromatic rings. The molecule has 0 bridgehead atoms. The summed E-state index contributed by atoms with van der Waals surface area (Å²) in [6, 6.07) is 7.25. The molecule has 0 fully saturated rings. The first kappa shape index (κ1) is 17.3. The van der Waals surface area contributed by atoms with Gasteiger partial charge in [0.25, 0.3) is 5.91 Å². The number of pyridine rings is 1. The maximum atomic E-state index is 13.1. The number of nitrogens with one attached hydrogen (secondary N) is 1. The van der Waals surface area contributed by atoms with Gasteiger partial charge in [0.1, 0.15) is 13.2 Å². The van der Waals surface area contributed by atoms with Crippen molar-refractivity contribution in [1.29, 1.82) is 0 Å². The monoisotopic (exact) mass is 366 g/mol. The summed E-state index contributed by atoms with van der Waals surface area (Å²) in [4.78, 5) is 17.8. The average Bonchev–Trinajstić information content (AvgIpc) is 2.95. The molecule has 0 radical (unpaired) electrons. The Kier molecular flexibility index (Phi) is 4.22. The van der Waals surface area contributed by atoms with Crippen LogP contribution in [0, 0.1) is 6.92 Å². The number of anilines is 1. The van der Waals surface area contributed by atoms with Crippen LogP contribution < -0.4 is 14.8 Å². The van der Waals surface area contributed by atoms with Crippen molar-refractivity contribution in [3.05, 3.63) is 41.2 Å². The van der Waals surface area contributed by atoms with Crippen molar-refractivity contribution < 1.29 is 14.3 Å². The molecule has 1 amide bonds. The van der Waals surface area contributed by atoms with E-state index in [0.29, 0.717) is 41.6 Å². The van der Waals surface area contributed by atoms with Crippen LogP contribution in [-0.4, -0.2) is 33.9 Å². The third kappa shape index (κ3) is 3.09. The molecule has 140 valence electrons. The van der Waals surface area contributed by atoms with Crippen molar-refractivity contribution in [3.63, 3.8) is 0 Å². The Morgan fingerprint density at radius 1 is 1.19 bits per heavy atom. The molecule has 0 spiro atoms. The number of nitrogens with zero attached hydrogens (tertiary/aromatic N) is 3. The summed E-state index contributed by atoms with van der Waals surface area (Å²) in [5.41, 5.74) is 3.58. The van der Waals surface area contributed by atoms with Crippen molar-refractivity contribution in [2.75, 3.05) is 18.5 Å². The topological polar surface area (TPSA) is 78.3 Å². The first-order valence-corrected chi connectivity index (χ1v) is 8.99. The van der Waals surface area contributed by atoms with Gasteiger partial charge in [0.15, 0.2) is 17.1 Å². The Morgan fingerprint density at radius 2 is 1.93 bits per heavy atom. The Hall–Kier alpha value is -3.09. The molecule has 27 heavy (non-hydrogen) atoms. The van der Waals surface area contributed by atoms with Crippen molar-refractivity contribution in [2.45, 2.75) is 26.7 Å². The van der Waals surface area contributed by atoms with Gasteiger partial charge in [-0.05, 0) is 31.0 Å². The number of aromatic nitrogens is 3. The van der Waals surface area contributed by atoms with Gasteiger partial charge in [-0.1, -0.05) is 13.8 Å². The number of fused-ring (bicyclic) bond motifs is 2. The average molecular weight is 366 g/mol. The molecule has 1 aliphatic heterocycles. The third-order valence-corrected chi connectivity index (χ3v) is 4.62. The van der Waals surface area contributed by atoms with Crippen LogP contribution in [0.15, 0.2) is 24.3 Å². The van der Waals surface area contributed by atoms with Crippen molar-refractivity contribution in [2.24, 2.45) is 7.05 Å². The molecule has 3 heterocycles. The molecule has 0 saturated carbocycles. The zero-order valence-electron chi connectivity index (χ0n) is 15.9. The van der Waals surface area contributed by atoms with E-state index in [2.05, 4.69) is 29.2 Å². The molecule has 7 heteroatoms. The molecule has 4 rings (SSSR count). The second-order valence-corrected chi connectivity index (χ2v) is 6.97. The largest absolute Gasteiger partial charge is 0.486 e. The smallest absolute Gasteiger partial charge is 0.256 e. The Morgan fingerprint density at radius 3 is 2.67 bits per heavy atom. The van der Waals surface area contributed by atoms with Crippen LogP contribution in [0.4, 0.5) is 5.69 Å². The second kappa shape index (κ2) is 6.57. The van der Waals surface area contributed by atoms with Crippen molar-refractivity contribution >= 4 is 22.6 Å². The van der Waals surface area contributed by atoms with Crippen LogP contribution in [0.25, 0.3) is 11.0 Å². The van der Waals surface area contributed by atoms with Crippen LogP contribution in [0.3, 0.4) is 0 Å². The molecule has 0 atom stereocenters. The first-order valence-electron chi connectivity index (χ1n) is 8.99. The lowest BCUT2D eigenvalue weighted by Crippen LogP contribution is -2.17. The molecule has 2 aromatic heterocycles. The molecule has 0 aliphatic carbocycles. The number of benzene rings is 1. The Labute approximate surface area is 157 Å². The van der Waals surface area contributed by atoms with E-state index < -0.39 is 0 Å². The van der Waals surface area contributed by atoms with E-state index in [-0.39, 0.29) is 11.8 Å². The van der Waals surface area contributed by atoms with Gasteiger partial charge in [-0.2, -0.15) is 5.10 Å². The number of aryl methyl sites for hydroxylation is 2. The number of carbonyl (C=O) groups is 1. The second-order valence-electron chi connectivity index (χ2n) is 6.97. The van der Waals surface area contributed by atoms with E-state index in [4.69, 9.17) is 9.47 Å². The first-order chi connectivity index (χ1) is 12.9. The molecule has 1 aliphatic rings. The number of hydrogen-bond acceptors (Lipinski definition) is 5. The highest BCUT2D eigenvalue weighted by Crippen LogP contribution is 2.33. The van der Waals surface area contributed by atoms with Crippen LogP contribution in [0.2, 0.25) is 0 Å². The normalized spacial score (nSPS) is 13.2. The number of hydrogen-bond donors (Lipinski definition) is 1. The highest BCUT2D eigenvalue weighted by Gasteiger charge is 2.20. The molecule has 7 nitrogen and oxygen atoms in total. The zero-order chi connectivity index (χ0) is 19.1. The van der Waals surface area contributed by atoms with Crippen LogP contribution in [-0.2, 0) is 7.05 Å². The lowest BCUT2D eigenvalue weighted by Gasteiger charge is -2.19. The fraction of sp³-hybridized carbons (Fsp3) is 0.350. The quantitative estimate of drug-likeness (QED) is 0.768. The van der Waals surface area contributed by atoms with Crippen molar-refractivity contribution in [1.82, 2.24) is 14.8 Å². The van der Waals surface area contributed by atoms with E-state index in [0.717, 1.165) is 16.8 Å². The summed E-state index contributed by atoms with van der Waals surface area (Å²) >= 11 is 0. The fourth-order valence-electron chi connectivity index (χ4n) is 3.26. The van der Waals surface area contributed by atoms with E-state index in [9.17, 15) is 4.79 Å². The summed E-state index contributed by atoms with van der Waals surface area (Å²) in [5.74, 6) is 1.33. The third-order valence-electron chi connectivity index (χ3n) is 4.62. The van der Waals surface area contributed by atoms with Gasteiger partial charge in [0.05, 0.1) is 16.6 Å². The van der Waals surface area contributed by atoms with Gasteiger partial charge < -0.3 is 14.8 Å². The lowest BCUT2D eigenvalue weighted by molar-refractivity contribution is 0.102. The number of carbonyl (C=O) groups excluding carboxylic acids is 1. The van der Waals surface area contributed by atoms with E-state index >= 15 is 0 Å². The van der Waals surface area contributed by atoms with Crippen LogP contribution in [0.5, 0.6) is 11.5 Å². The number of amides is 1. The van der Waals surface area contributed by atoms with E-state index in [1.807, 2.05) is 26.1 Å². The summed E-state index contributed by atoms with van der Waals surface area (Å²) < 4.78 is 12.8. The van der Waals surface area contributed by atoms with E-state index in [1.54, 1.807) is 16.8 Å². The number of rotatable bonds is 3. The zero-order valence-corrected chi connectivity index (χ0v) is 15.9. The Bertz CT molecular complexity index is 1040. The van der Waals surface area contributed by atoms with Gasteiger partial charge in [-0.3, -0.25) is 9.48 Å². The van der Waals surface area contributed by atoms with Gasteiger partial charge in [0.2, 0.25) is 0 Å². The lowest BCUT2D eigenvalue weighted by atomic mass is 10.0. The van der Waals surface area contributed by atoms with Gasteiger partial charge in [-0.25, -0.2) is 4.98 Å². The van der Waals surface area contributed by atoms with Crippen molar-refractivity contribution in [3.8, 4) is 11.5 Å². The van der Waals surface area contributed by atoms with Gasteiger partial charge >= 0.3 is 0 Å². The minimum atomic E-state index is -0.197. The predicted octanol–water partition coefficient (Wildman–Crippen LogP) is 3.42. The summed E-state index contributed by atoms with van der Waals surface area (Å²) in [6.45, 7) is 7.04. The number of ether oxygens (including phenoxy) is 2. The van der Waals surface area contributed by atoms with Gasteiger partial charge in [0, 0.05) is 24.5 Å². The maximum absolute atomic E-state index is 13.1. The van der Waals surface area contributed by atoms with Gasteiger partial charge in [-0.15, -0.1) is 0 Å². The predicted molar refractivity (Wildman–Crippen MR) is 103 cm³/mol. The van der Waals surface area contributed by atoms with Crippen LogP contribution >= 0.6 is 0 Å². The standard InChI is InChI=1S/C20H22N4O3/c1-11(2)15-10-14(18-12(3)23-24(4)19(18)22-15)20(25)21-13-5-6-16-17(9-13)27-8-7-26-16/h5-6,9-11H,7-8H2,1-4H3,(H,21,25). The fourth-order valence-corrected chi connectivity index (χ4v) is 3.26. The maximum Gasteiger partial charge on any atom is 0.256 e. The van der Waals surface area contributed by atoms with Crippen LogP contribution in [0.1, 0.15) is 41.5 Å². The van der Waals surface area contributed by atoms with E-state index in [1.165, 1.54) is 0 Å². The molecule has 0 saturated heterocycles. The minimum Gasteiger partial charge on any atom is -0.486 e. The summed E-state index contributed by atoms with van der Waals surface area (Å²) in [5, 5.41) is 8.17.